The molecule has 0 aliphatic heterocycles. The number of para-hydroxylation sites is 3. The molecule has 7 rings (SSSR count). The predicted molar refractivity (Wildman–Crippen MR) is 160 cm³/mol. The quantitative estimate of drug-likeness (QED) is 0.242. The van der Waals surface area contributed by atoms with Crippen molar-refractivity contribution in [2.75, 3.05) is 0 Å². The number of benzene rings is 5. The van der Waals surface area contributed by atoms with Crippen molar-refractivity contribution in [3.05, 3.63) is 132 Å². The Morgan fingerprint density at radius 1 is 0.436 bits per heavy atom. The summed E-state index contributed by atoms with van der Waals surface area (Å²) >= 11 is 0. The molecule has 5 aromatic carbocycles. The van der Waals surface area contributed by atoms with Gasteiger partial charge in [-0.25, -0.2) is 15.0 Å². The third kappa shape index (κ3) is 4.07. The standard InChI is InChI=1S/C35H26N4/c1-23-15-19-25(20-16-23)33-36-34(26-21-17-24(2)18-22-26)38-35(37-33)29-11-5-8-14-32(29)39-30-12-6-3-9-27(30)28-10-4-7-13-31(28)39/h3-22H,1-2H3. The Kier molecular flexibility index (Phi) is 5.52. The number of aryl methyl sites for hydroxylation is 2. The maximum atomic E-state index is 5.04. The van der Waals surface area contributed by atoms with E-state index in [0.717, 1.165) is 33.4 Å². The lowest BCUT2D eigenvalue weighted by molar-refractivity contribution is 1.06. The van der Waals surface area contributed by atoms with E-state index in [2.05, 4.69) is 134 Å². The lowest BCUT2D eigenvalue weighted by Crippen LogP contribution is -2.03. The minimum Gasteiger partial charge on any atom is -0.309 e. The van der Waals surface area contributed by atoms with E-state index in [1.807, 2.05) is 6.07 Å². The van der Waals surface area contributed by atoms with Gasteiger partial charge in [-0.2, -0.15) is 0 Å². The fourth-order valence-electron chi connectivity index (χ4n) is 5.20. The van der Waals surface area contributed by atoms with E-state index >= 15 is 0 Å². The summed E-state index contributed by atoms with van der Waals surface area (Å²) in [5.74, 6) is 1.97. The van der Waals surface area contributed by atoms with Crippen molar-refractivity contribution in [1.29, 1.82) is 0 Å². The van der Waals surface area contributed by atoms with Gasteiger partial charge in [0.1, 0.15) is 0 Å². The van der Waals surface area contributed by atoms with Gasteiger partial charge in [0.2, 0.25) is 0 Å². The first-order chi connectivity index (χ1) is 19.2. The molecule has 0 spiro atoms. The average Bonchev–Trinajstić information content (AvgIpc) is 3.32. The van der Waals surface area contributed by atoms with Crippen LogP contribution in [0.5, 0.6) is 0 Å². The maximum Gasteiger partial charge on any atom is 0.166 e. The zero-order valence-electron chi connectivity index (χ0n) is 21.8. The zero-order valence-corrected chi connectivity index (χ0v) is 21.8. The minimum atomic E-state index is 0.647. The molecule has 0 aliphatic carbocycles. The van der Waals surface area contributed by atoms with Gasteiger partial charge in [0, 0.05) is 27.5 Å². The molecule has 2 heterocycles. The molecule has 0 atom stereocenters. The highest BCUT2D eigenvalue weighted by atomic mass is 15.0. The summed E-state index contributed by atoms with van der Waals surface area (Å²) in [7, 11) is 0. The second kappa shape index (κ2) is 9.34. The second-order valence-corrected chi connectivity index (χ2v) is 9.93. The van der Waals surface area contributed by atoms with Crippen LogP contribution in [0.25, 0.3) is 61.7 Å². The molecule has 0 fully saturated rings. The number of nitrogens with zero attached hydrogens (tertiary/aromatic N) is 4. The Bertz CT molecular complexity index is 1850. The van der Waals surface area contributed by atoms with Gasteiger partial charge in [-0.3, -0.25) is 0 Å². The van der Waals surface area contributed by atoms with Crippen LogP contribution in [-0.4, -0.2) is 19.5 Å². The lowest BCUT2D eigenvalue weighted by Gasteiger charge is -2.14. The molecule has 0 amide bonds. The van der Waals surface area contributed by atoms with Crippen LogP contribution in [0.1, 0.15) is 11.1 Å². The predicted octanol–water partition coefficient (Wildman–Crippen LogP) is 8.59. The van der Waals surface area contributed by atoms with E-state index in [-0.39, 0.29) is 0 Å². The normalized spacial score (nSPS) is 11.3. The Hall–Kier alpha value is -5.09. The van der Waals surface area contributed by atoms with Crippen LogP contribution in [0.15, 0.2) is 121 Å². The van der Waals surface area contributed by atoms with Crippen LogP contribution < -0.4 is 0 Å². The third-order valence-corrected chi connectivity index (χ3v) is 7.22. The fraction of sp³-hybridized carbons (Fsp3) is 0.0571. The summed E-state index contributed by atoms with van der Waals surface area (Å²) in [6.07, 6.45) is 0. The first-order valence-electron chi connectivity index (χ1n) is 13.1. The van der Waals surface area contributed by atoms with Crippen molar-refractivity contribution in [2.24, 2.45) is 0 Å². The van der Waals surface area contributed by atoms with Gasteiger partial charge in [0.15, 0.2) is 17.5 Å². The molecular formula is C35H26N4. The van der Waals surface area contributed by atoms with Gasteiger partial charge in [-0.15, -0.1) is 0 Å². The SMILES string of the molecule is Cc1ccc(-c2nc(-c3ccc(C)cc3)nc(-c3ccccc3-n3c4ccccc4c4ccccc43)n2)cc1. The number of rotatable bonds is 4. The Labute approximate surface area is 227 Å². The Morgan fingerprint density at radius 3 is 1.41 bits per heavy atom. The number of hydrogen-bond donors (Lipinski definition) is 0. The van der Waals surface area contributed by atoms with Gasteiger partial charge in [0.05, 0.1) is 16.7 Å². The monoisotopic (exact) mass is 502 g/mol. The van der Waals surface area contributed by atoms with Crippen molar-refractivity contribution < 1.29 is 0 Å². The van der Waals surface area contributed by atoms with E-state index in [0.29, 0.717) is 17.5 Å². The summed E-state index contributed by atoms with van der Waals surface area (Å²) in [4.78, 5) is 15.0. The molecular weight excluding hydrogens is 476 g/mol. The van der Waals surface area contributed by atoms with E-state index < -0.39 is 0 Å². The number of fused-ring (bicyclic) bond motifs is 3. The summed E-state index contributed by atoms with van der Waals surface area (Å²) in [5, 5.41) is 2.44. The average molecular weight is 503 g/mol. The largest absolute Gasteiger partial charge is 0.309 e. The molecule has 2 aromatic heterocycles. The molecule has 0 saturated heterocycles. The van der Waals surface area contributed by atoms with E-state index in [4.69, 9.17) is 15.0 Å². The van der Waals surface area contributed by atoms with Gasteiger partial charge in [-0.1, -0.05) is 108 Å². The van der Waals surface area contributed by atoms with Crippen LogP contribution >= 0.6 is 0 Å². The molecule has 0 bridgehead atoms. The number of hydrogen-bond acceptors (Lipinski definition) is 3. The van der Waals surface area contributed by atoms with Gasteiger partial charge < -0.3 is 4.57 Å². The molecule has 0 N–H and O–H groups in total. The smallest absolute Gasteiger partial charge is 0.166 e. The van der Waals surface area contributed by atoms with Gasteiger partial charge in [0.25, 0.3) is 0 Å². The molecule has 186 valence electrons. The molecule has 39 heavy (non-hydrogen) atoms. The van der Waals surface area contributed by atoms with Crippen LogP contribution in [0, 0.1) is 13.8 Å². The molecule has 0 unspecified atom stereocenters. The van der Waals surface area contributed by atoms with Crippen molar-refractivity contribution in [3.63, 3.8) is 0 Å². The summed E-state index contributed by atoms with van der Waals surface area (Å²) < 4.78 is 2.32. The topological polar surface area (TPSA) is 43.6 Å². The first-order valence-corrected chi connectivity index (χ1v) is 13.1. The van der Waals surface area contributed by atoms with Crippen molar-refractivity contribution in [3.8, 4) is 39.9 Å². The molecule has 4 heteroatoms. The van der Waals surface area contributed by atoms with Crippen LogP contribution in [0.2, 0.25) is 0 Å². The van der Waals surface area contributed by atoms with Gasteiger partial charge in [-0.05, 0) is 38.1 Å². The molecule has 7 aromatic rings. The minimum absolute atomic E-state index is 0.647. The van der Waals surface area contributed by atoms with Crippen LogP contribution in [-0.2, 0) is 0 Å². The van der Waals surface area contributed by atoms with E-state index in [1.165, 1.54) is 21.9 Å². The molecule has 4 nitrogen and oxygen atoms in total. The van der Waals surface area contributed by atoms with Crippen molar-refractivity contribution in [2.45, 2.75) is 13.8 Å². The maximum absolute atomic E-state index is 5.04. The molecule has 0 saturated carbocycles. The van der Waals surface area contributed by atoms with Gasteiger partial charge >= 0.3 is 0 Å². The highest BCUT2D eigenvalue weighted by Crippen LogP contribution is 2.36. The Balaban J connectivity index is 1.50. The first kappa shape index (κ1) is 23.1. The third-order valence-electron chi connectivity index (χ3n) is 7.22. The van der Waals surface area contributed by atoms with Crippen LogP contribution in [0.4, 0.5) is 0 Å². The molecule has 0 radical (unpaired) electrons. The Morgan fingerprint density at radius 2 is 0.872 bits per heavy atom. The summed E-state index contributed by atoms with van der Waals surface area (Å²) in [5.41, 5.74) is 8.61. The summed E-state index contributed by atoms with van der Waals surface area (Å²) in [6.45, 7) is 4.17. The van der Waals surface area contributed by atoms with E-state index in [1.54, 1.807) is 0 Å². The fourth-order valence-corrected chi connectivity index (χ4v) is 5.20. The highest BCUT2D eigenvalue weighted by molar-refractivity contribution is 6.09. The second-order valence-electron chi connectivity index (χ2n) is 9.93. The summed E-state index contributed by atoms with van der Waals surface area (Å²) in [6, 6.07) is 42.1. The highest BCUT2D eigenvalue weighted by Gasteiger charge is 2.18. The van der Waals surface area contributed by atoms with Crippen molar-refractivity contribution in [1.82, 2.24) is 19.5 Å². The van der Waals surface area contributed by atoms with Crippen LogP contribution in [0.3, 0.4) is 0 Å². The number of aromatic nitrogens is 4. The lowest BCUT2D eigenvalue weighted by atomic mass is 10.1. The van der Waals surface area contributed by atoms with Crippen molar-refractivity contribution >= 4 is 21.8 Å². The zero-order chi connectivity index (χ0) is 26.3. The van der Waals surface area contributed by atoms with E-state index in [9.17, 15) is 0 Å². The molecule has 0 aliphatic rings.